The Bertz CT molecular complexity index is 183. The average molecular weight is 146 g/mol. The Kier molecular flexibility index (Phi) is 1.59. The van der Waals surface area contributed by atoms with Gasteiger partial charge >= 0.3 is 0 Å². The first-order chi connectivity index (χ1) is 3.80. The summed E-state index contributed by atoms with van der Waals surface area (Å²) in [6.45, 7) is 0. The van der Waals surface area contributed by atoms with Crippen molar-refractivity contribution in [3.63, 3.8) is 0 Å². The molecule has 0 saturated carbocycles. The summed E-state index contributed by atoms with van der Waals surface area (Å²) < 4.78 is 3.47. The minimum absolute atomic E-state index is 0.278. The third-order valence-electron chi connectivity index (χ3n) is 0.572. The van der Waals surface area contributed by atoms with E-state index in [1.54, 1.807) is 0 Å². The molecule has 42 valence electrons. The second-order valence-corrected chi connectivity index (χ2v) is 2.28. The predicted molar refractivity (Wildman–Crippen MR) is 33.2 cm³/mol. The number of carbonyl (C=O) groups excluding carboxylic acids is 1. The smallest absolute Gasteiger partial charge is 0.229 e. The van der Waals surface area contributed by atoms with Crippen molar-refractivity contribution in [2.24, 2.45) is 0 Å². The molecule has 1 aromatic rings. The quantitative estimate of drug-likeness (QED) is 0.590. The zero-order chi connectivity index (χ0) is 5.98. The number of thiol groups is 1. The van der Waals surface area contributed by atoms with E-state index in [4.69, 9.17) is 0 Å². The van der Waals surface area contributed by atoms with E-state index in [0.29, 0.717) is 4.88 Å². The van der Waals surface area contributed by atoms with E-state index in [-0.39, 0.29) is 5.12 Å². The topological polar surface area (TPSA) is 42.9 Å². The Hall–Kier alpha value is -0.420. The minimum Gasteiger partial charge on any atom is -0.281 e. The highest BCUT2D eigenvalue weighted by atomic mass is 32.1. The molecule has 0 aromatic carbocycles. The molecule has 1 rings (SSSR count). The first kappa shape index (κ1) is 5.71. The summed E-state index contributed by atoms with van der Waals surface area (Å²) in [6.07, 6.45) is 1.39. The molecule has 8 heavy (non-hydrogen) atoms. The summed E-state index contributed by atoms with van der Waals surface area (Å²) in [5.74, 6) is 0. The van der Waals surface area contributed by atoms with Gasteiger partial charge < -0.3 is 0 Å². The van der Waals surface area contributed by atoms with Crippen molar-refractivity contribution in [2.75, 3.05) is 0 Å². The van der Waals surface area contributed by atoms with Gasteiger partial charge in [-0.25, -0.2) is 0 Å². The molecule has 1 heterocycles. The Balaban J connectivity index is 2.93. The number of hydrogen-bond acceptors (Lipinski definition) is 4. The van der Waals surface area contributed by atoms with Crippen molar-refractivity contribution < 1.29 is 4.79 Å². The summed E-state index contributed by atoms with van der Waals surface area (Å²) >= 11 is 4.59. The third-order valence-corrected chi connectivity index (χ3v) is 1.63. The van der Waals surface area contributed by atoms with Gasteiger partial charge in [0, 0.05) is 0 Å². The molecule has 0 spiro atoms. The molecule has 0 unspecified atom stereocenters. The molecule has 0 radical (unpaired) electrons. The lowest BCUT2D eigenvalue weighted by Gasteiger charge is -1.74. The monoisotopic (exact) mass is 146 g/mol. The van der Waals surface area contributed by atoms with Crippen LogP contribution in [0.4, 0.5) is 0 Å². The molecule has 3 nitrogen and oxygen atoms in total. The first-order valence-electron chi connectivity index (χ1n) is 1.81. The number of carbonyl (C=O) groups is 1. The van der Waals surface area contributed by atoms with Gasteiger partial charge in [0.15, 0.2) is 0 Å². The molecule has 0 atom stereocenters. The molecule has 0 bridgehead atoms. The van der Waals surface area contributed by atoms with Crippen LogP contribution < -0.4 is 0 Å². The van der Waals surface area contributed by atoms with E-state index < -0.39 is 0 Å². The highest BCUT2D eigenvalue weighted by Crippen LogP contribution is 2.03. The zero-order valence-corrected chi connectivity index (χ0v) is 5.45. The number of nitrogens with zero attached hydrogens (tertiary/aromatic N) is 2. The van der Waals surface area contributed by atoms with Gasteiger partial charge in [-0.2, -0.15) is 0 Å². The first-order valence-corrected chi connectivity index (χ1v) is 3.03. The minimum atomic E-state index is -0.278. The largest absolute Gasteiger partial charge is 0.281 e. The number of rotatable bonds is 1. The molecule has 0 aliphatic heterocycles. The van der Waals surface area contributed by atoms with Crippen molar-refractivity contribution in [3.05, 3.63) is 11.1 Å². The van der Waals surface area contributed by atoms with Crippen molar-refractivity contribution >= 4 is 29.3 Å². The van der Waals surface area contributed by atoms with Crippen molar-refractivity contribution in [3.8, 4) is 0 Å². The van der Waals surface area contributed by atoms with Crippen molar-refractivity contribution in [1.29, 1.82) is 0 Å². The van der Waals surface area contributed by atoms with E-state index in [1.807, 2.05) is 0 Å². The number of hydrogen-bond donors (Lipinski definition) is 1. The molecule has 0 saturated heterocycles. The molecule has 0 aliphatic carbocycles. The van der Waals surface area contributed by atoms with Crippen LogP contribution in [-0.2, 0) is 0 Å². The fraction of sp³-hybridized carbons (Fsp3) is 0. The van der Waals surface area contributed by atoms with Gasteiger partial charge in [-0.15, -0.1) is 5.10 Å². The molecular weight excluding hydrogens is 144 g/mol. The van der Waals surface area contributed by atoms with Gasteiger partial charge in [0.1, 0.15) is 4.88 Å². The Labute approximate surface area is 55.3 Å². The second kappa shape index (κ2) is 2.23. The van der Waals surface area contributed by atoms with Gasteiger partial charge in [0.2, 0.25) is 5.12 Å². The highest BCUT2D eigenvalue weighted by Gasteiger charge is 1.99. The SMILES string of the molecule is O=C(S)c1cnns1. The van der Waals surface area contributed by atoms with Crippen LogP contribution in [0.5, 0.6) is 0 Å². The number of aromatic nitrogens is 2. The van der Waals surface area contributed by atoms with Crippen molar-refractivity contribution in [2.45, 2.75) is 0 Å². The van der Waals surface area contributed by atoms with E-state index >= 15 is 0 Å². The van der Waals surface area contributed by atoms with Crippen LogP contribution in [0.1, 0.15) is 9.67 Å². The van der Waals surface area contributed by atoms with Gasteiger partial charge in [-0.3, -0.25) is 4.79 Å². The van der Waals surface area contributed by atoms with Crippen LogP contribution in [0.25, 0.3) is 0 Å². The third kappa shape index (κ3) is 1.05. The fourth-order valence-electron chi connectivity index (χ4n) is 0.261. The Morgan fingerprint density at radius 3 is 2.88 bits per heavy atom. The molecule has 0 amide bonds. The lowest BCUT2D eigenvalue weighted by molar-refractivity contribution is 0.109. The maximum Gasteiger partial charge on any atom is 0.229 e. The molecule has 0 N–H and O–H groups in total. The normalized spacial score (nSPS) is 9.12. The molecule has 0 aliphatic rings. The van der Waals surface area contributed by atoms with E-state index in [9.17, 15) is 4.79 Å². The lowest BCUT2D eigenvalue weighted by Crippen LogP contribution is -1.79. The molecule has 0 fully saturated rings. The predicted octanol–water partition coefficient (Wildman–Crippen LogP) is 0.608. The van der Waals surface area contributed by atoms with Crippen LogP contribution in [0.3, 0.4) is 0 Å². The van der Waals surface area contributed by atoms with Gasteiger partial charge in [-0.05, 0) is 11.5 Å². The van der Waals surface area contributed by atoms with Crippen LogP contribution in [0.15, 0.2) is 6.20 Å². The molecular formula is C3H2N2OS2. The summed E-state index contributed by atoms with van der Waals surface area (Å²) in [5, 5.41) is 3.16. The van der Waals surface area contributed by atoms with E-state index in [2.05, 4.69) is 22.2 Å². The van der Waals surface area contributed by atoms with Crippen LogP contribution >= 0.6 is 24.2 Å². The summed E-state index contributed by atoms with van der Waals surface area (Å²) in [6, 6.07) is 0. The fourth-order valence-corrected chi connectivity index (χ4v) is 0.796. The maximum absolute atomic E-state index is 10.3. The summed E-state index contributed by atoms with van der Waals surface area (Å²) in [5.41, 5.74) is 0. The van der Waals surface area contributed by atoms with Gasteiger partial charge in [0.05, 0.1) is 6.20 Å². The Morgan fingerprint density at radius 1 is 1.88 bits per heavy atom. The average Bonchev–Trinajstić information content (AvgIpc) is 2.12. The summed E-state index contributed by atoms with van der Waals surface area (Å²) in [4.78, 5) is 10.8. The van der Waals surface area contributed by atoms with Crippen LogP contribution in [-0.4, -0.2) is 14.7 Å². The van der Waals surface area contributed by atoms with Crippen LogP contribution in [0.2, 0.25) is 0 Å². The second-order valence-electron chi connectivity index (χ2n) is 1.09. The van der Waals surface area contributed by atoms with E-state index in [0.717, 1.165) is 11.5 Å². The summed E-state index contributed by atoms with van der Waals surface area (Å²) in [7, 11) is 0. The van der Waals surface area contributed by atoms with Gasteiger partial charge in [-0.1, -0.05) is 17.1 Å². The van der Waals surface area contributed by atoms with Crippen molar-refractivity contribution in [1.82, 2.24) is 9.59 Å². The lowest BCUT2D eigenvalue weighted by atomic mass is 10.6. The molecule has 1 aromatic heterocycles. The standard InChI is InChI=1S/C3H2N2OS2/c6-3(7)2-1-4-5-8-2/h1H,(H,6,7). The van der Waals surface area contributed by atoms with E-state index in [1.165, 1.54) is 6.20 Å². The molecule has 5 heteroatoms. The Morgan fingerprint density at radius 2 is 2.62 bits per heavy atom. The highest BCUT2D eigenvalue weighted by molar-refractivity contribution is 7.97. The zero-order valence-electron chi connectivity index (χ0n) is 3.74. The van der Waals surface area contributed by atoms with Gasteiger partial charge in [0.25, 0.3) is 0 Å². The maximum atomic E-state index is 10.3. The van der Waals surface area contributed by atoms with Crippen LogP contribution in [0, 0.1) is 0 Å².